The van der Waals surface area contributed by atoms with Crippen molar-refractivity contribution in [1.82, 2.24) is 15.1 Å². The molecule has 0 aromatic carbocycles. The molecular weight excluding hydrogens is 214 g/mol. The monoisotopic (exact) mass is 237 g/mol. The van der Waals surface area contributed by atoms with Gasteiger partial charge in [0, 0.05) is 19.6 Å². The van der Waals surface area contributed by atoms with Crippen LogP contribution in [0, 0.1) is 12.8 Å². The van der Waals surface area contributed by atoms with E-state index in [0.29, 0.717) is 5.92 Å². The van der Waals surface area contributed by atoms with Crippen LogP contribution in [0.4, 0.5) is 0 Å². The van der Waals surface area contributed by atoms with Crippen LogP contribution in [-0.4, -0.2) is 27.5 Å². The van der Waals surface area contributed by atoms with E-state index in [0.717, 1.165) is 38.2 Å². The summed E-state index contributed by atoms with van der Waals surface area (Å²) in [4.78, 5) is 0. The molecule has 1 heterocycles. The first-order valence-electron chi connectivity index (χ1n) is 6.62. The third-order valence-corrected chi connectivity index (χ3v) is 3.62. The van der Waals surface area contributed by atoms with E-state index in [4.69, 9.17) is 0 Å². The quantitative estimate of drug-likeness (QED) is 0.815. The third kappa shape index (κ3) is 3.07. The van der Waals surface area contributed by atoms with Gasteiger partial charge in [0.2, 0.25) is 0 Å². The summed E-state index contributed by atoms with van der Waals surface area (Å²) in [6.45, 7) is 6.80. The van der Waals surface area contributed by atoms with Crippen molar-refractivity contribution >= 4 is 0 Å². The van der Waals surface area contributed by atoms with Gasteiger partial charge in [-0.25, -0.2) is 0 Å². The molecule has 0 amide bonds. The van der Waals surface area contributed by atoms with Crippen molar-refractivity contribution in [2.45, 2.75) is 52.3 Å². The number of nitrogens with one attached hydrogen (secondary N) is 1. The van der Waals surface area contributed by atoms with Gasteiger partial charge in [0.25, 0.3) is 0 Å². The zero-order valence-corrected chi connectivity index (χ0v) is 10.8. The predicted molar refractivity (Wildman–Crippen MR) is 67.7 cm³/mol. The summed E-state index contributed by atoms with van der Waals surface area (Å²) in [6, 6.07) is 2.13. The molecule has 1 aromatic heterocycles. The van der Waals surface area contributed by atoms with Gasteiger partial charge in [-0.15, -0.1) is 0 Å². The van der Waals surface area contributed by atoms with Crippen molar-refractivity contribution < 1.29 is 5.11 Å². The van der Waals surface area contributed by atoms with Gasteiger partial charge >= 0.3 is 0 Å². The molecule has 2 atom stereocenters. The normalized spacial score (nSPS) is 24.4. The van der Waals surface area contributed by atoms with Gasteiger partial charge in [0.15, 0.2) is 0 Å². The molecule has 0 radical (unpaired) electrons. The maximum Gasteiger partial charge on any atom is 0.0597 e. The summed E-state index contributed by atoms with van der Waals surface area (Å²) in [5.41, 5.74) is 2.31. The summed E-state index contributed by atoms with van der Waals surface area (Å²) in [6.07, 6.45) is 3.19. The van der Waals surface area contributed by atoms with Gasteiger partial charge in [-0.2, -0.15) is 5.10 Å². The second-order valence-corrected chi connectivity index (χ2v) is 4.98. The summed E-state index contributed by atoms with van der Waals surface area (Å²) in [5.74, 6) is 0.439. The number of rotatable bonds is 5. The molecule has 1 saturated carbocycles. The van der Waals surface area contributed by atoms with Gasteiger partial charge in [-0.3, -0.25) is 4.68 Å². The minimum atomic E-state index is -0.0969. The Kier molecular flexibility index (Phi) is 4.18. The fraction of sp³-hybridized carbons (Fsp3) is 0.769. The van der Waals surface area contributed by atoms with E-state index in [1.165, 1.54) is 12.1 Å². The molecule has 17 heavy (non-hydrogen) atoms. The molecule has 0 bridgehead atoms. The van der Waals surface area contributed by atoms with Crippen LogP contribution in [0.15, 0.2) is 6.07 Å². The fourth-order valence-corrected chi connectivity index (χ4v) is 2.66. The summed E-state index contributed by atoms with van der Waals surface area (Å²) < 4.78 is 2.04. The standard InChI is InChI=1S/C13H23N3O/c1-3-16-12(7-10(2)15-16)9-14-8-11-5-4-6-13(11)17/h7,11,13-14,17H,3-6,8-9H2,1-2H3. The van der Waals surface area contributed by atoms with Gasteiger partial charge in [-0.1, -0.05) is 6.42 Å². The number of hydrogen-bond donors (Lipinski definition) is 2. The molecule has 0 spiro atoms. The zero-order valence-electron chi connectivity index (χ0n) is 10.8. The molecule has 1 aliphatic carbocycles. The average Bonchev–Trinajstić information content (AvgIpc) is 2.86. The van der Waals surface area contributed by atoms with E-state index in [2.05, 4.69) is 23.4 Å². The Morgan fingerprint density at radius 1 is 1.53 bits per heavy atom. The molecule has 1 aliphatic rings. The molecule has 0 saturated heterocycles. The van der Waals surface area contributed by atoms with Crippen molar-refractivity contribution in [1.29, 1.82) is 0 Å². The van der Waals surface area contributed by atoms with E-state index >= 15 is 0 Å². The molecule has 2 N–H and O–H groups in total. The van der Waals surface area contributed by atoms with E-state index in [9.17, 15) is 5.11 Å². The molecule has 96 valence electrons. The highest BCUT2D eigenvalue weighted by molar-refractivity contribution is 5.08. The van der Waals surface area contributed by atoms with Crippen molar-refractivity contribution in [3.63, 3.8) is 0 Å². The summed E-state index contributed by atoms with van der Waals surface area (Å²) >= 11 is 0. The topological polar surface area (TPSA) is 50.1 Å². The lowest BCUT2D eigenvalue weighted by molar-refractivity contribution is 0.131. The Hall–Kier alpha value is -0.870. The Balaban J connectivity index is 1.81. The lowest BCUT2D eigenvalue weighted by Crippen LogP contribution is -2.28. The van der Waals surface area contributed by atoms with E-state index in [-0.39, 0.29) is 6.10 Å². The first-order chi connectivity index (χ1) is 8.20. The minimum absolute atomic E-state index is 0.0969. The summed E-state index contributed by atoms with van der Waals surface area (Å²) in [7, 11) is 0. The maximum atomic E-state index is 9.73. The van der Waals surface area contributed by atoms with Crippen LogP contribution in [0.1, 0.15) is 37.6 Å². The van der Waals surface area contributed by atoms with Crippen LogP contribution < -0.4 is 5.32 Å². The number of hydrogen-bond acceptors (Lipinski definition) is 3. The predicted octanol–water partition coefficient (Wildman–Crippen LogP) is 1.46. The third-order valence-electron chi connectivity index (χ3n) is 3.62. The van der Waals surface area contributed by atoms with E-state index < -0.39 is 0 Å². The van der Waals surface area contributed by atoms with Crippen molar-refractivity contribution in [2.75, 3.05) is 6.54 Å². The SMILES string of the molecule is CCn1nc(C)cc1CNCC1CCCC1O. The Bertz CT molecular complexity index is 362. The molecule has 1 fully saturated rings. The first-order valence-corrected chi connectivity index (χ1v) is 6.62. The van der Waals surface area contributed by atoms with Crippen molar-refractivity contribution in [3.8, 4) is 0 Å². The minimum Gasteiger partial charge on any atom is -0.393 e. The van der Waals surface area contributed by atoms with E-state index in [1.807, 2.05) is 11.6 Å². The number of aryl methyl sites for hydroxylation is 2. The Labute approximate surface area is 103 Å². The number of aromatic nitrogens is 2. The zero-order chi connectivity index (χ0) is 12.3. The highest BCUT2D eigenvalue weighted by Gasteiger charge is 2.24. The van der Waals surface area contributed by atoms with Gasteiger partial charge < -0.3 is 10.4 Å². The van der Waals surface area contributed by atoms with Gasteiger partial charge in [0.05, 0.1) is 17.5 Å². The smallest absolute Gasteiger partial charge is 0.0597 e. The molecule has 4 heteroatoms. The number of aliphatic hydroxyl groups excluding tert-OH is 1. The van der Waals surface area contributed by atoms with Crippen LogP contribution in [-0.2, 0) is 13.1 Å². The van der Waals surface area contributed by atoms with Gasteiger partial charge in [-0.05, 0) is 38.7 Å². The second-order valence-electron chi connectivity index (χ2n) is 4.98. The number of aliphatic hydroxyl groups is 1. The largest absolute Gasteiger partial charge is 0.393 e. The fourth-order valence-electron chi connectivity index (χ4n) is 2.66. The lowest BCUT2D eigenvalue weighted by atomic mass is 10.1. The number of nitrogens with zero attached hydrogens (tertiary/aromatic N) is 2. The van der Waals surface area contributed by atoms with Crippen LogP contribution in [0.5, 0.6) is 0 Å². The molecular formula is C13H23N3O. The molecule has 2 unspecified atom stereocenters. The van der Waals surface area contributed by atoms with E-state index in [1.54, 1.807) is 0 Å². The Morgan fingerprint density at radius 3 is 3.00 bits per heavy atom. The average molecular weight is 237 g/mol. The highest BCUT2D eigenvalue weighted by atomic mass is 16.3. The van der Waals surface area contributed by atoms with Crippen molar-refractivity contribution in [3.05, 3.63) is 17.5 Å². The Morgan fingerprint density at radius 2 is 2.35 bits per heavy atom. The van der Waals surface area contributed by atoms with Crippen LogP contribution in [0.2, 0.25) is 0 Å². The van der Waals surface area contributed by atoms with Crippen molar-refractivity contribution in [2.24, 2.45) is 5.92 Å². The lowest BCUT2D eigenvalue weighted by Gasteiger charge is -2.15. The summed E-state index contributed by atoms with van der Waals surface area (Å²) in [5, 5.41) is 17.6. The van der Waals surface area contributed by atoms with Crippen LogP contribution in [0.25, 0.3) is 0 Å². The molecule has 2 rings (SSSR count). The molecule has 1 aromatic rings. The highest BCUT2D eigenvalue weighted by Crippen LogP contribution is 2.24. The molecule has 4 nitrogen and oxygen atoms in total. The first kappa shape index (κ1) is 12.6. The maximum absolute atomic E-state index is 9.73. The van der Waals surface area contributed by atoms with Gasteiger partial charge in [0.1, 0.15) is 0 Å². The molecule has 0 aliphatic heterocycles. The van der Waals surface area contributed by atoms with Crippen LogP contribution in [0.3, 0.4) is 0 Å². The second kappa shape index (κ2) is 5.65. The van der Waals surface area contributed by atoms with Crippen LogP contribution >= 0.6 is 0 Å².